The highest BCUT2D eigenvalue weighted by atomic mass is 16.3. The Morgan fingerprint density at radius 3 is 2.85 bits per heavy atom. The number of carbonyl (C=O) groups excluding carboxylic acids is 1. The van der Waals surface area contributed by atoms with Crippen LogP contribution in [0.3, 0.4) is 0 Å². The third-order valence-electron chi connectivity index (χ3n) is 3.79. The third-order valence-corrected chi connectivity index (χ3v) is 3.79. The number of aryl methyl sites for hydroxylation is 1. The summed E-state index contributed by atoms with van der Waals surface area (Å²) in [5.41, 5.74) is 2.04. The monoisotopic (exact) mass is 272 g/mol. The Morgan fingerprint density at radius 2 is 2.15 bits per heavy atom. The number of rotatable bonds is 5. The quantitative estimate of drug-likeness (QED) is 0.880. The average molecular weight is 272 g/mol. The smallest absolute Gasteiger partial charge is 0.234 e. The molecule has 1 aliphatic rings. The molecule has 1 heterocycles. The number of benzene rings is 1. The fourth-order valence-electron chi connectivity index (χ4n) is 2.45. The molecule has 0 radical (unpaired) electrons. The van der Waals surface area contributed by atoms with Crippen molar-refractivity contribution in [3.63, 3.8) is 0 Å². The molecule has 1 atom stereocenters. The minimum atomic E-state index is 0.0207. The van der Waals surface area contributed by atoms with Gasteiger partial charge in [-0.3, -0.25) is 10.1 Å². The maximum absolute atomic E-state index is 11.7. The van der Waals surface area contributed by atoms with E-state index in [2.05, 4.69) is 23.6 Å². The maximum Gasteiger partial charge on any atom is 0.234 e. The first-order chi connectivity index (χ1) is 9.65. The minimum absolute atomic E-state index is 0.0207. The summed E-state index contributed by atoms with van der Waals surface area (Å²) in [4.78, 5) is 11.7. The summed E-state index contributed by atoms with van der Waals surface area (Å²) >= 11 is 0. The fourth-order valence-corrected chi connectivity index (χ4v) is 2.45. The lowest BCUT2D eigenvalue weighted by molar-refractivity contribution is -0.120. The van der Waals surface area contributed by atoms with Crippen molar-refractivity contribution in [3.8, 4) is 0 Å². The molecule has 2 aromatic rings. The number of fused-ring (bicyclic) bond motifs is 1. The van der Waals surface area contributed by atoms with Gasteiger partial charge < -0.3 is 9.73 Å². The molecule has 0 saturated heterocycles. The second-order valence-corrected chi connectivity index (χ2v) is 5.53. The number of hydrogen-bond acceptors (Lipinski definition) is 3. The van der Waals surface area contributed by atoms with Crippen molar-refractivity contribution in [2.45, 2.75) is 38.8 Å². The highest BCUT2D eigenvalue weighted by molar-refractivity contribution is 5.82. The molecule has 2 N–H and O–H groups in total. The Labute approximate surface area is 118 Å². The van der Waals surface area contributed by atoms with Gasteiger partial charge in [-0.05, 0) is 38.3 Å². The SMILES string of the molecule is Cc1c(C(C)NCC(=O)NC2CC2)oc2ccccc12. The van der Waals surface area contributed by atoms with E-state index in [1.807, 2.05) is 25.1 Å². The van der Waals surface area contributed by atoms with Gasteiger partial charge in [0.05, 0.1) is 12.6 Å². The standard InChI is InChI=1S/C16H20N2O2/c1-10-13-5-3-4-6-14(13)20-16(10)11(2)17-9-15(19)18-12-7-8-12/h3-6,11-12,17H,7-9H2,1-2H3,(H,18,19). The van der Waals surface area contributed by atoms with Crippen molar-refractivity contribution in [1.29, 1.82) is 0 Å². The van der Waals surface area contributed by atoms with Gasteiger partial charge in [0.2, 0.25) is 5.91 Å². The maximum atomic E-state index is 11.7. The van der Waals surface area contributed by atoms with Crippen molar-refractivity contribution in [2.24, 2.45) is 0 Å². The van der Waals surface area contributed by atoms with Gasteiger partial charge in [-0.1, -0.05) is 18.2 Å². The Kier molecular flexibility index (Phi) is 3.49. The lowest BCUT2D eigenvalue weighted by Crippen LogP contribution is -2.36. The van der Waals surface area contributed by atoms with Gasteiger partial charge in [0, 0.05) is 11.4 Å². The van der Waals surface area contributed by atoms with Crippen molar-refractivity contribution in [3.05, 3.63) is 35.6 Å². The average Bonchev–Trinajstić information content (AvgIpc) is 3.19. The highest BCUT2D eigenvalue weighted by Crippen LogP contribution is 2.29. The summed E-state index contributed by atoms with van der Waals surface area (Å²) in [5, 5.41) is 7.34. The molecule has 0 spiro atoms. The van der Waals surface area contributed by atoms with Crippen LogP contribution in [0.25, 0.3) is 11.0 Å². The molecule has 0 aliphatic heterocycles. The van der Waals surface area contributed by atoms with Gasteiger partial charge in [-0.25, -0.2) is 0 Å². The summed E-state index contributed by atoms with van der Waals surface area (Å²) in [6, 6.07) is 8.44. The van der Waals surface area contributed by atoms with Crippen LogP contribution in [0.5, 0.6) is 0 Å². The van der Waals surface area contributed by atoms with Gasteiger partial charge in [0.15, 0.2) is 0 Å². The van der Waals surface area contributed by atoms with Crippen LogP contribution in [0.1, 0.15) is 37.1 Å². The lowest BCUT2D eigenvalue weighted by atomic mass is 10.1. The van der Waals surface area contributed by atoms with E-state index in [9.17, 15) is 4.79 Å². The summed E-state index contributed by atoms with van der Waals surface area (Å²) < 4.78 is 5.89. The first-order valence-electron chi connectivity index (χ1n) is 7.16. The zero-order valence-corrected chi connectivity index (χ0v) is 11.9. The summed E-state index contributed by atoms with van der Waals surface area (Å²) in [7, 11) is 0. The third kappa shape index (κ3) is 2.70. The van der Waals surface area contributed by atoms with E-state index in [-0.39, 0.29) is 11.9 Å². The molecular weight excluding hydrogens is 252 g/mol. The number of para-hydroxylation sites is 1. The number of carbonyl (C=O) groups is 1. The largest absolute Gasteiger partial charge is 0.459 e. The van der Waals surface area contributed by atoms with Crippen molar-refractivity contribution in [2.75, 3.05) is 6.54 Å². The van der Waals surface area contributed by atoms with E-state index >= 15 is 0 Å². The van der Waals surface area contributed by atoms with Gasteiger partial charge in [0.25, 0.3) is 0 Å². The van der Waals surface area contributed by atoms with Gasteiger partial charge in [0.1, 0.15) is 11.3 Å². The molecular formula is C16H20N2O2. The molecule has 1 aliphatic carbocycles. The van der Waals surface area contributed by atoms with Crippen molar-refractivity contribution < 1.29 is 9.21 Å². The molecule has 1 unspecified atom stereocenters. The number of amides is 1. The summed E-state index contributed by atoms with van der Waals surface area (Å²) in [6.45, 7) is 4.41. The molecule has 0 bridgehead atoms. The number of hydrogen-bond donors (Lipinski definition) is 2. The van der Waals surface area contributed by atoms with Crippen LogP contribution < -0.4 is 10.6 Å². The molecule has 1 saturated carbocycles. The van der Waals surface area contributed by atoms with E-state index in [1.165, 1.54) is 0 Å². The van der Waals surface area contributed by atoms with Crippen LogP contribution >= 0.6 is 0 Å². The van der Waals surface area contributed by atoms with Crippen LogP contribution in [-0.2, 0) is 4.79 Å². The number of furan rings is 1. The molecule has 20 heavy (non-hydrogen) atoms. The van der Waals surface area contributed by atoms with Crippen molar-refractivity contribution >= 4 is 16.9 Å². The zero-order chi connectivity index (χ0) is 14.1. The zero-order valence-electron chi connectivity index (χ0n) is 11.9. The van der Waals surface area contributed by atoms with Gasteiger partial charge >= 0.3 is 0 Å². The second kappa shape index (κ2) is 5.29. The van der Waals surface area contributed by atoms with E-state index in [0.717, 1.165) is 35.1 Å². The molecule has 1 aromatic carbocycles. The van der Waals surface area contributed by atoms with E-state index in [1.54, 1.807) is 0 Å². The fraction of sp³-hybridized carbons (Fsp3) is 0.438. The van der Waals surface area contributed by atoms with E-state index in [0.29, 0.717) is 12.6 Å². The molecule has 4 heteroatoms. The highest BCUT2D eigenvalue weighted by Gasteiger charge is 2.23. The Morgan fingerprint density at radius 1 is 1.40 bits per heavy atom. The van der Waals surface area contributed by atoms with Crippen LogP contribution in [-0.4, -0.2) is 18.5 Å². The Hall–Kier alpha value is -1.81. The predicted molar refractivity (Wildman–Crippen MR) is 78.5 cm³/mol. The molecule has 1 fully saturated rings. The van der Waals surface area contributed by atoms with Crippen LogP contribution in [0.2, 0.25) is 0 Å². The van der Waals surface area contributed by atoms with E-state index in [4.69, 9.17) is 4.42 Å². The van der Waals surface area contributed by atoms with Crippen LogP contribution in [0, 0.1) is 6.92 Å². The normalized spacial score (nSPS) is 16.3. The van der Waals surface area contributed by atoms with Crippen molar-refractivity contribution in [1.82, 2.24) is 10.6 Å². The lowest BCUT2D eigenvalue weighted by Gasteiger charge is -2.12. The first kappa shape index (κ1) is 13.2. The summed E-state index contributed by atoms with van der Waals surface area (Å²) in [5.74, 6) is 0.971. The van der Waals surface area contributed by atoms with Crippen LogP contribution in [0.4, 0.5) is 0 Å². The minimum Gasteiger partial charge on any atom is -0.459 e. The topological polar surface area (TPSA) is 54.3 Å². The van der Waals surface area contributed by atoms with Gasteiger partial charge in [-0.15, -0.1) is 0 Å². The Balaban J connectivity index is 1.66. The molecule has 4 nitrogen and oxygen atoms in total. The molecule has 106 valence electrons. The molecule has 3 rings (SSSR count). The predicted octanol–water partition coefficient (Wildman–Crippen LogP) is 2.67. The van der Waals surface area contributed by atoms with Gasteiger partial charge in [-0.2, -0.15) is 0 Å². The summed E-state index contributed by atoms with van der Waals surface area (Å²) in [6.07, 6.45) is 2.23. The number of nitrogens with one attached hydrogen (secondary N) is 2. The second-order valence-electron chi connectivity index (χ2n) is 5.53. The van der Waals surface area contributed by atoms with Crippen LogP contribution in [0.15, 0.2) is 28.7 Å². The molecule has 1 aromatic heterocycles. The first-order valence-corrected chi connectivity index (χ1v) is 7.16. The van der Waals surface area contributed by atoms with E-state index < -0.39 is 0 Å². The molecule has 1 amide bonds. The Bertz CT molecular complexity index is 628.